The number of nitrogens with zero attached hydrogens (tertiary/aromatic N) is 1. The molecule has 0 aliphatic carbocycles. The zero-order chi connectivity index (χ0) is 19.4. The van der Waals surface area contributed by atoms with Gasteiger partial charge in [-0.3, -0.25) is 9.59 Å². The lowest BCUT2D eigenvalue weighted by molar-refractivity contribution is -0.121. The van der Waals surface area contributed by atoms with Gasteiger partial charge in [-0.15, -0.1) is 0 Å². The Kier molecular flexibility index (Phi) is 5.79. The summed E-state index contributed by atoms with van der Waals surface area (Å²) in [5.74, 6) is 0.647. The van der Waals surface area contributed by atoms with Gasteiger partial charge in [0.1, 0.15) is 11.8 Å². The second-order valence-electron chi connectivity index (χ2n) is 7.15. The third-order valence-corrected chi connectivity index (χ3v) is 4.67. The molecule has 0 spiro atoms. The van der Waals surface area contributed by atoms with E-state index in [1.807, 2.05) is 55.5 Å². The number of nitrogens with one attached hydrogen (secondary N) is 1. The molecule has 1 aliphatic rings. The Balaban J connectivity index is 1.84. The molecule has 2 aromatic rings. The highest BCUT2D eigenvalue weighted by atomic mass is 16.5. The van der Waals surface area contributed by atoms with Crippen molar-refractivity contribution in [3.05, 3.63) is 59.7 Å². The molecule has 2 amide bonds. The number of anilines is 1. The Morgan fingerprint density at radius 3 is 2.56 bits per heavy atom. The predicted molar refractivity (Wildman–Crippen MR) is 106 cm³/mol. The van der Waals surface area contributed by atoms with E-state index >= 15 is 0 Å². The van der Waals surface area contributed by atoms with Crippen LogP contribution >= 0.6 is 0 Å². The predicted octanol–water partition coefficient (Wildman–Crippen LogP) is 4.09. The lowest BCUT2D eigenvalue weighted by Gasteiger charge is -2.28. The third-order valence-electron chi connectivity index (χ3n) is 4.67. The molecule has 2 aromatic carbocycles. The monoisotopic (exact) mass is 366 g/mol. The van der Waals surface area contributed by atoms with E-state index in [4.69, 9.17) is 4.74 Å². The molecule has 0 radical (unpaired) electrons. The Morgan fingerprint density at radius 2 is 1.85 bits per heavy atom. The number of ether oxygens (including phenoxy) is 1. The Morgan fingerprint density at radius 1 is 1.15 bits per heavy atom. The highest BCUT2D eigenvalue weighted by Gasteiger charge is 2.36. The summed E-state index contributed by atoms with van der Waals surface area (Å²) >= 11 is 0. The van der Waals surface area contributed by atoms with Crippen LogP contribution in [-0.2, 0) is 11.3 Å². The van der Waals surface area contributed by atoms with E-state index in [0.29, 0.717) is 36.6 Å². The smallest absolute Gasteiger partial charge is 0.255 e. The maximum absolute atomic E-state index is 13.1. The number of fused-ring (bicyclic) bond motifs is 1. The quantitative estimate of drug-likeness (QED) is 0.803. The normalized spacial score (nSPS) is 14.2. The van der Waals surface area contributed by atoms with Gasteiger partial charge in [0.2, 0.25) is 5.91 Å². The van der Waals surface area contributed by atoms with E-state index in [9.17, 15) is 9.59 Å². The van der Waals surface area contributed by atoms with Crippen LogP contribution in [0.5, 0.6) is 5.75 Å². The van der Waals surface area contributed by atoms with Crippen LogP contribution in [0.15, 0.2) is 48.5 Å². The van der Waals surface area contributed by atoms with Gasteiger partial charge < -0.3 is 15.0 Å². The molecule has 1 unspecified atom stereocenters. The van der Waals surface area contributed by atoms with Gasteiger partial charge in [0.15, 0.2) is 0 Å². The molecule has 1 atom stereocenters. The number of carbonyl (C=O) groups is 2. The van der Waals surface area contributed by atoms with E-state index < -0.39 is 6.04 Å². The van der Waals surface area contributed by atoms with Crippen molar-refractivity contribution in [2.24, 2.45) is 5.92 Å². The van der Waals surface area contributed by atoms with Crippen LogP contribution < -0.4 is 10.1 Å². The van der Waals surface area contributed by atoms with Crippen LogP contribution in [0.4, 0.5) is 5.69 Å². The zero-order valence-electron chi connectivity index (χ0n) is 16.1. The largest absolute Gasteiger partial charge is 0.492 e. The molecule has 1 heterocycles. The fourth-order valence-electron chi connectivity index (χ4n) is 3.42. The van der Waals surface area contributed by atoms with Gasteiger partial charge >= 0.3 is 0 Å². The van der Waals surface area contributed by atoms with E-state index in [-0.39, 0.29) is 17.7 Å². The van der Waals surface area contributed by atoms with Crippen LogP contribution in [0.25, 0.3) is 0 Å². The first-order valence-electron chi connectivity index (χ1n) is 9.42. The van der Waals surface area contributed by atoms with Gasteiger partial charge in [0.25, 0.3) is 5.91 Å². The van der Waals surface area contributed by atoms with E-state index in [1.165, 1.54) is 0 Å². The number of benzene rings is 2. The molecule has 1 N–H and O–H groups in total. The molecule has 0 bridgehead atoms. The van der Waals surface area contributed by atoms with E-state index in [1.54, 1.807) is 4.90 Å². The molecule has 0 aromatic heterocycles. The second kappa shape index (κ2) is 8.25. The van der Waals surface area contributed by atoms with Crippen LogP contribution in [0.3, 0.4) is 0 Å². The fraction of sp³-hybridized carbons (Fsp3) is 0.364. The van der Waals surface area contributed by atoms with Gasteiger partial charge in [0, 0.05) is 12.1 Å². The van der Waals surface area contributed by atoms with Crippen molar-refractivity contribution in [2.45, 2.75) is 39.8 Å². The number of amides is 2. The lowest BCUT2D eigenvalue weighted by atomic mass is 10.0. The average molecular weight is 366 g/mol. The van der Waals surface area contributed by atoms with E-state index in [2.05, 4.69) is 19.2 Å². The molecule has 1 aliphatic heterocycles. The number of hydrogen-bond donors (Lipinski definition) is 1. The summed E-state index contributed by atoms with van der Waals surface area (Å²) in [7, 11) is 0. The zero-order valence-corrected chi connectivity index (χ0v) is 16.1. The van der Waals surface area contributed by atoms with Crippen molar-refractivity contribution in [2.75, 3.05) is 11.9 Å². The minimum atomic E-state index is -0.528. The number of carbonyl (C=O) groups excluding carboxylic acids is 2. The van der Waals surface area contributed by atoms with Crippen molar-refractivity contribution in [1.82, 2.24) is 4.90 Å². The SMILES string of the molecule is CCOc1ccccc1NC(=O)C(CC(C)C)N1Cc2ccccc2C1=O. The van der Waals surface area contributed by atoms with Crippen LogP contribution in [-0.4, -0.2) is 29.4 Å². The third kappa shape index (κ3) is 4.13. The topological polar surface area (TPSA) is 58.6 Å². The van der Waals surface area contributed by atoms with Gasteiger partial charge in [0.05, 0.1) is 12.3 Å². The summed E-state index contributed by atoms with van der Waals surface area (Å²) in [5, 5.41) is 2.97. The number of hydrogen-bond acceptors (Lipinski definition) is 3. The lowest BCUT2D eigenvalue weighted by Crippen LogP contribution is -2.45. The van der Waals surface area contributed by atoms with Gasteiger partial charge in [-0.2, -0.15) is 0 Å². The molecule has 27 heavy (non-hydrogen) atoms. The van der Waals surface area contributed by atoms with Crippen molar-refractivity contribution in [3.8, 4) is 5.75 Å². The summed E-state index contributed by atoms with van der Waals surface area (Å²) < 4.78 is 5.60. The molecule has 3 rings (SSSR count). The molecular weight excluding hydrogens is 340 g/mol. The van der Waals surface area contributed by atoms with Crippen molar-refractivity contribution in [3.63, 3.8) is 0 Å². The highest BCUT2D eigenvalue weighted by Crippen LogP contribution is 2.29. The maximum atomic E-state index is 13.1. The molecular formula is C22H26N2O3. The standard InChI is InChI=1S/C22H26N2O3/c1-4-27-20-12-8-7-11-18(20)23-21(25)19(13-15(2)3)24-14-16-9-5-6-10-17(16)22(24)26/h5-12,15,19H,4,13-14H2,1-3H3,(H,23,25). The first-order valence-corrected chi connectivity index (χ1v) is 9.42. The van der Waals surface area contributed by atoms with Crippen LogP contribution in [0.2, 0.25) is 0 Å². The summed E-state index contributed by atoms with van der Waals surface area (Å²) in [5.41, 5.74) is 2.29. The number of rotatable bonds is 7. The minimum Gasteiger partial charge on any atom is -0.492 e. The summed E-state index contributed by atoms with van der Waals surface area (Å²) in [6.07, 6.45) is 0.600. The highest BCUT2D eigenvalue weighted by molar-refractivity contribution is 6.03. The average Bonchev–Trinajstić information content (AvgIpc) is 2.98. The molecule has 5 heteroatoms. The molecule has 0 saturated heterocycles. The Bertz CT molecular complexity index is 832. The number of para-hydroxylation sites is 2. The first-order chi connectivity index (χ1) is 13.0. The van der Waals surface area contributed by atoms with Crippen molar-refractivity contribution in [1.29, 1.82) is 0 Å². The van der Waals surface area contributed by atoms with Crippen LogP contribution in [0, 0.1) is 5.92 Å². The van der Waals surface area contributed by atoms with Gasteiger partial charge in [-0.1, -0.05) is 44.2 Å². The maximum Gasteiger partial charge on any atom is 0.255 e. The molecule has 142 valence electrons. The van der Waals surface area contributed by atoms with Gasteiger partial charge in [-0.05, 0) is 43.0 Å². The van der Waals surface area contributed by atoms with Crippen molar-refractivity contribution >= 4 is 17.5 Å². The van der Waals surface area contributed by atoms with E-state index in [0.717, 1.165) is 5.56 Å². The first kappa shape index (κ1) is 19.0. The molecule has 5 nitrogen and oxygen atoms in total. The second-order valence-corrected chi connectivity index (χ2v) is 7.15. The van der Waals surface area contributed by atoms with Gasteiger partial charge in [-0.25, -0.2) is 0 Å². The van der Waals surface area contributed by atoms with Crippen molar-refractivity contribution < 1.29 is 14.3 Å². The van der Waals surface area contributed by atoms with Crippen LogP contribution in [0.1, 0.15) is 43.1 Å². The minimum absolute atomic E-state index is 0.0792. The summed E-state index contributed by atoms with van der Waals surface area (Å²) in [6.45, 7) is 7.00. The Labute approximate surface area is 160 Å². The summed E-state index contributed by atoms with van der Waals surface area (Å²) in [4.78, 5) is 27.7. The summed E-state index contributed by atoms with van der Waals surface area (Å²) in [6, 6.07) is 14.4. The molecule has 0 fully saturated rings. The molecule has 0 saturated carbocycles. The fourth-order valence-corrected chi connectivity index (χ4v) is 3.42. The Hall–Kier alpha value is -2.82.